The number of benzene rings is 1. The average molecular weight is 419 g/mol. The molecule has 0 amide bonds. The molecule has 0 radical (unpaired) electrons. The summed E-state index contributed by atoms with van der Waals surface area (Å²) in [5, 5.41) is 17.1. The Kier molecular flexibility index (Phi) is 6.16. The zero-order valence-electron chi connectivity index (χ0n) is 14.4. The second-order valence-electron chi connectivity index (χ2n) is 5.85. The second kappa shape index (κ2) is 8.57. The van der Waals surface area contributed by atoms with Crippen LogP contribution in [0.3, 0.4) is 0 Å². The first-order valence-electron chi connectivity index (χ1n) is 8.11. The van der Waals surface area contributed by atoms with Gasteiger partial charge in [-0.25, -0.2) is 0 Å². The summed E-state index contributed by atoms with van der Waals surface area (Å²) in [6.45, 7) is 2.29. The number of hydrogen-bond acceptors (Lipinski definition) is 3. The van der Waals surface area contributed by atoms with Gasteiger partial charge >= 0.3 is 0 Å². The minimum Gasteiger partial charge on any atom is -0.867 e. The summed E-state index contributed by atoms with van der Waals surface area (Å²) in [5.41, 5.74) is 1.55. The first-order valence-corrected chi connectivity index (χ1v) is 9.27. The van der Waals surface area contributed by atoms with E-state index in [-0.39, 0.29) is 22.0 Å². The molecule has 0 saturated carbocycles. The van der Waals surface area contributed by atoms with E-state index in [0.29, 0.717) is 22.4 Å². The van der Waals surface area contributed by atoms with Crippen molar-refractivity contribution in [3.63, 3.8) is 0 Å². The molecule has 0 aliphatic heterocycles. The minimum absolute atomic E-state index is 0.281. The van der Waals surface area contributed by atoms with Gasteiger partial charge in [0, 0.05) is 21.7 Å². The Morgan fingerprint density at radius 3 is 2.74 bits per heavy atom. The quantitative estimate of drug-likeness (QED) is 0.294. The molecular formula is C20H16Cl2N2O2S. The summed E-state index contributed by atoms with van der Waals surface area (Å²) in [6, 6.07) is 12.2. The van der Waals surface area contributed by atoms with Crippen molar-refractivity contribution >= 4 is 51.9 Å². The summed E-state index contributed by atoms with van der Waals surface area (Å²) < 4.78 is 6.99. The monoisotopic (exact) mass is 418 g/mol. The van der Waals surface area contributed by atoms with Crippen molar-refractivity contribution in [3.05, 3.63) is 88.1 Å². The van der Waals surface area contributed by atoms with E-state index in [4.69, 9.17) is 39.8 Å². The molecule has 7 heteroatoms. The largest absolute Gasteiger partial charge is 0.867 e. The Balaban J connectivity index is 2.06. The van der Waals surface area contributed by atoms with Crippen LogP contribution in [0.2, 0.25) is 10.0 Å². The van der Waals surface area contributed by atoms with Gasteiger partial charge in [0.1, 0.15) is 5.76 Å². The third kappa shape index (κ3) is 4.69. The van der Waals surface area contributed by atoms with Crippen LogP contribution in [0.4, 0.5) is 0 Å². The van der Waals surface area contributed by atoms with E-state index < -0.39 is 0 Å². The predicted octanol–water partition coefficient (Wildman–Crippen LogP) is 3.99. The molecule has 4 nitrogen and oxygen atoms in total. The summed E-state index contributed by atoms with van der Waals surface area (Å²) >= 11 is 17.8. The second-order valence-corrected chi connectivity index (χ2v) is 7.10. The molecule has 138 valence electrons. The van der Waals surface area contributed by atoms with Gasteiger partial charge < -0.3 is 14.8 Å². The third-order valence-electron chi connectivity index (χ3n) is 3.81. The molecule has 0 spiro atoms. The van der Waals surface area contributed by atoms with Crippen molar-refractivity contribution < 1.29 is 14.1 Å². The molecule has 0 fully saturated rings. The fraction of sp³-hybridized carbons (Fsp3) is 0.100. The number of furan rings is 1. The Morgan fingerprint density at radius 1 is 1.22 bits per heavy atom. The number of rotatable bonds is 5. The third-order valence-corrected chi connectivity index (χ3v) is 4.72. The van der Waals surface area contributed by atoms with Crippen molar-refractivity contribution in [1.82, 2.24) is 5.32 Å². The van der Waals surface area contributed by atoms with Crippen molar-refractivity contribution in [3.8, 4) is 0 Å². The number of aromatic nitrogens is 1. The normalized spacial score (nSPS) is 11.8. The van der Waals surface area contributed by atoms with Crippen LogP contribution in [0.15, 0.2) is 65.5 Å². The highest BCUT2D eigenvalue weighted by molar-refractivity contribution is 7.81. The summed E-state index contributed by atoms with van der Waals surface area (Å²) in [5.74, 6) is 0.384. The fourth-order valence-corrected chi connectivity index (χ4v) is 3.18. The molecule has 0 aliphatic carbocycles. The Bertz CT molecular complexity index is 1000. The lowest BCUT2D eigenvalue weighted by Crippen LogP contribution is -2.42. The van der Waals surface area contributed by atoms with Gasteiger partial charge in [-0.1, -0.05) is 35.4 Å². The van der Waals surface area contributed by atoms with E-state index in [1.807, 2.05) is 31.3 Å². The Morgan fingerprint density at radius 2 is 2.04 bits per heavy atom. The molecule has 3 rings (SSSR count). The molecule has 1 N–H and O–H groups in total. The van der Waals surface area contributed by atoms with E-state index in [9.17, 15) is 5.11 Å². The average Bonchev–Trinajstić information content (AvgIpc) is 3.16. The van der Waals surface area contributed by atoms with E-state index in [1.165, 1.54) is 6.07 Å². The molecule has 0 atom stereocenters. The highest BCUT2D eigenvalue weighted by Crippen LogP contribution is 2.26. The van der Waals surface area contributed by atoms with E-state index in [0.717, 1.165) is 5.56 Å². The summed E-state index contributed by atoms with van der Waals surface area (Å²) in [4.78, 5) is 0.281. The van der Waals surface area contributed by atoms with E-state index in [1.54, 1.807) is 35.2 Å². The van der Waals surface area contributed by atoms with Gasteiger partial charge in [0.15, 0.2) is 17.4 Å². The van der Waals surface area contributed by atoms with Crippen LogP contribution < -0.4 is 15.0 Å². The number of nitrogens with one attached hydrogen (secondary N) is 1. The smallest absolute Gasteiger partial charge is 0.238 e. The first-order chi connectivity index (χ1) is 13.0. The van der Waals surface area contributed by atoms with Crippen LogP contribution in [-0.2, 0) is 6.54 Å². The van der Waals surface area contributed by atoms with Crippen LogP contribution in [-0.4, -0.2) is 4.99 Å². The molecule has 1 aromatic carbocycles. The van der Waals surface area contributed by atoms with Gasteiger partial charge in [0.25, 0.3) is 0 Å². The highest BCUT2D eigenvalue weighted by atomic mass is 35.5. The predicted molar refractivity (Wildman–Crippen MR) is 109 cm³/mol. The molecule has 3 aromatic rings. The molecule has 0 aliphatic rings. The highest BCUT2D eigenvalue weighted by Gasteiger charge is 2.20. The van der Waals surface area contributed by atoms with Crippen molar-refractivity contribution in [2.24, 2.45) is 0 Å². The van der Waals surface area contributed by atoms with Crippen LogP contribution >= 0.6 is 35.4 Å². The van der Waals surface area contributed by atoms with Crippen molar-refractivity contribution in [2.45, 2.75) is 13.5 Å². The Hall–Kier alpha value is -2.34. The standard InChI is InChI=1S/C20H16Cl2N2O2S/c1-13-4-2-8-24(12-13)18(20(27)23-11-15-5-3-9-26-15)19(25)16-10-14(21)6-7-17(16)22/h2-10,12H,11H2,1H3,(H-,23,25,27). The topological polar surface area (TPSA) is 52.1 Å². The zero-order valence-corrected chi connectivity index (χ0v) is 16.7. The molecule has 27 heavy (non-hydrogen) atoms. The van der Waals surface area contributed by atoms with Crippen LogP contribution in [0.5, 0.6) is 0 Å². The van der Waals surface area contributed by atoms with Crippen molar-refractivity contribution in [2.75, 3.05) is 0 Å². The maximum atomic E-state index is 13.3. The maximum absolute atomic E-state index is 13.3. The first kappa shape index (κ1) is 19.4. The van der Waals surface area contributed by atoms with Gasteiger partial charge in [0.05, 0.1) is 12.8 Å². The number of halogens is 2. The van der Waals surface area contributed by atoms with Crippen LogP contribution in [0.1, 0.15) is 16.9 Å². The number of nitrogens with zero attached hydrogens (tertiary/aromatic N) is 1. The minimum atomic E-state index is -0.324. The number of hydrogen-bond donors (Lipinski definition) is 1. The fourth-order valence-electron chi connectivity index (χ4n) is 2.53. The van der Waals surface area contributed by atoms with Crippen LogP contribution in [0, 0.1) is 6.92 Å². The Labute approximate surface area is 172 Å². The van der Waals surface area contributed by atoms with Gasteiger partial charge in [0.2, 0.25) is 5.70 Å². The van der Waals surface area contributed by atoms with Gasteiger partial charge in [-0.2, -0.15) is 4.57 Å². The van der Waals surface area contributed by atoms with E-state index in [2.05, 4.69) is 5.32 Å². The zero-order chi connectivity index (χ0) is 19.4. The van der Waals surface area contributed by atoms with Gasteiger partial charge in [-0.05, 0) is 54.6 Å². The molecule has 2 aromatic heterocycles. The lowest BCUT2D eigenvalue weighted by molar-refractivity contribution is -0.578. The van der Waals surface area contributed by atoms with Crippen molar-refractivity contribution in [1.29, 1.82) is 0 Å². The summed E-state index contributed by atoms with van der Waals surface area (Å²) in [7, 11) is 0. The lowest BCUT2D eigenvalue weighted by Gasteiger charge is -2.18. The van der Waals surface area contributed by atoms with Crippen LogP contribution in [0.25, 0.3) is 11.5 Å². The van der Waals surface area contributed by atoms with Gasteiger partial charge in [-0.3, -0.25) is 0 Å². The number of aryl methyl sites for hydroxylation is 1. The van der Waals surface area contributed by atoms with Gasteiger partial charge in [-0.15, -0.1) is 0 Å². The SMILES string of the molecule is Cc1ccc[n+](/C(C(=S)NCc2ccco2)=C(/[O-])c2cc(Cl)ccc2Cl)c1. The number of pyridine rings is 1. The molecule has 0 unspecified atom stereocenters. The maximum Gasteiger partial charge on any atom is 0.238 e. The number of thiocarbonyl (C=S) groups is 1. The lowest BCUT2D eigenvalue weighted by atomic mass is 10.1. The summed E-state index contributed by atoms with van der Waals surface area (Å²) in [6.07, 6.45) is 5.17. The molecular weight excluding hydrogens is 403 g/mol. The van der Waals surface area contributed by atoms with E-state index >= 15 is 0 Å². The molecule has 2 heterocycles. The molecule has 0 saturated heterocycles. The molecule has 0 bridgehead atoms.